The molecule has 0 N–H and O–H groups in total. The van der Waals surface area contributed by atoms with Crippen molar-refractivity contribution in [3.63, 3.8) is 0 Å². The van der Waals surface area contributed by atoms with Gasteiger partial charge in [-0.2, -0.15) is 4.98 Å². The third-order valence-corrected chi connectivity index (χ3v) is 2.46. The minimum absolute atomic E-state index is 0.149. The smallest absolute Gasteiger partial charge is 0.227 e. The van der Waals surface area contributed by atoms with Crippen molar-refractivity contribution in [3.05, 3.63) is 35.2 Å². The molecule has 88 valence electrons. The molecule has 1 aromatic heterocycles. The van der Waals surface area contributed by atoms with Crippen LogP contribution in [-0.4, -0.2) is 16.1 Å². The Bertz CT molecular complexity index is 539. The number of hydrogen-bond donors (Lipinski definition) is 0. The van der Waals surface area contributed by atoms with Gasteiger partial charge in [0, 0.05) is 18.0 Å². The summed E-state index contributed by atoms with van der Waals surface area (Å²) in [4.78, 5) is 14.3. The second-order valence-electron chi connectivity index (χ2n) is 3.36. The molecule has 5 nitrogen and oxygen atoms in total. The van der Waals surface area contributed by atoms with Crippen LogP contribution in [0.5, 0.6) is 0 Å². The topological polar surface area (TPSA) is 79.0 Å². The molecule has 1 heterocycles. The van der Waals surface area contributed by atoms with E-state index in [2.05, 4.69) is 10.1 Å². The molecule has 0 fully saturated rings. The van der Waals surface area contributed by atoms with Gasteiger partial charge in [-0.15, -0.1) is 0 Å². The lowest BCUT2D eigenvalue weighted by molar-refractivity contribution is -0.305. The highest BCUT2D eigenvalue weighted by molar-refractivity contribution is 6.33. The van der Waals surface area contributed by atoms with Gasteiger partial charge in [0.2, 0.25) is 11.7 Å². The zero-order valence-corrected chi connectivity index (χ0v) is 9.48. The number of carboxylic acids is 1. The number of aryl methyl sites for hydroxylation is 1. The van der Waals surface area contributed by atoms with Gasteiger partial charge in [-0.3, -0.25) is 0 Å². The molecule has 17 heavy (non-hydrogen) atoms. The van der Waals surface area contributed by atoms with Crippen LogP contribution in [-0.2, 0) is 11.2 Å². The fourth-order valence-corrected chi connectivity index (χ4v) is 1.54. The van der Waals surface area contributed by atoms with E-state index in [4.69, 9.17) is 16.1 Å². The lowest BCUT2D eigenvalue weighted by Crippen LogP contribution is -2.22. The molecule has 0 aliphatic rings. The molecule has 2 aromatic rings. The molecule has 0 atom stereocenters. The van der Waals surface area contributed by atoms with Gasteiger partial charge in [-0.25, -0.2) is 0 Å². The number of carboxylic acid groups (broad SMARTS) is 1. The van der Waals surface area contributed by atoms with Crippen LogP contribution in [0.4, 0.5) is 0 Å². The summed E-state index contributed by atoms with van der Waals surface area (Å²) in [6, 6.07) is 7.07. The fraction of sp³-hybridized carbons (Fsp3) is 0.182. The summed E-state index contributed by atoms with van der Waals surface area (Å²) in [5, 5.41) is 14.5. The van der Waals surface area contributed by atoms with Gasteiger partial charge in [-0.05, 0) is 18.6 Å². The number of halogens is 1. The first-order valence-electron chi connectivity index (χ1n) is 4.94. The van der Waals surface area contributed by atoms with Crippen LogP contribution in [0.1, 0.15) is 12.3 Å². The van der Waals surface area contributed by atoms with Crippen LogP contribution < -0.4 is 5.11 Å². The zero-order chi connectivity index (χ0) is 12.3. The predicted octanol–water partition coefficient (Wildman–Crippen LogP) is 1.07. The van der Waals surface area contributed by atoms with E-state index in [0.29, 0.717) is 16.4 Å². The van der Waals surface area contributed by atoms with E-state index in [9.17, 15) is 9.90 Å². The molecule has 1 aromatic carbocycles. The third-order valence-electron chi connectivity index (χ3n) is 2.13. The lowest BCUT2D eigenvalue weighted by Gasteiger charge is -1.97. The van der Waals surface area contributed by atoms with Crippen LogP contribution in [0.15, 0.2) is 28.8 Å². The van der Waals surface area contributed by atoms with Crippen molar-refractivity contribution in [1.82, 2.24) is 10.1 Å². The van der Waals surface area contributed by atoms with E-state index in [1.165, 1.54) is 0 Å². The highest BCUT2D eigenvalue weighted by Gasteiger charge is 2.10. The van der Waals surface area contributed by atoms with Crippen molar-refractivity contribution in [2.45, 2.75) is 12.8 Å². The van der Waals surface area contributed by atoms with E-state index in [1.807, 2.05) is 0 Å². The number of aliphatic carboxylic acids is 1. The number of hydrogen-bond acceptors (Lipinski definition) is 5. The molecule has 0 aliphatic heterocycles. The molecule has 0 unspecified atom stereocenters. The van der Waals surface area contributed by atoms with Gasteiger partial charge in [0.15, 0.2) is 0 Å². The maximum atomic E-state index is 10.3. The highest BCUT2D eigenvalue weighted by Crippen LogP contribution is 2.24. The molecule has 0 saturated heterocycles. The van der Waals surface area contributed by atoms with Crippen molar-refractivity contribution >= 4 is 17.6 Å². The maximum Gasteiger partial charge on any atom is 0.227 e. The first-order chi connectivity index (χ1) is 8.16. The van der Waals surface area contributed by atoms with Gasteiger partial charge in [-0.1, -0.05) is 28.9 Å². The molecular formula is C11H8ClN2O3-. The van der Waals surface area contributed by atoms with Crippen LogP contribution in [0.25, 0.3) is 11.4 Å². The van der Waals surface area contributed by atoms with Gasteiger partial charge in [0.05, 0.1) is 5.02 Å². The van der Waals surface area contributed by atoms with E-state index in [-0.39, 0.29) is 18.7 Å². The first kappa shape index (κ1) is 11.6. The Morgan fingerprint density at radius 1 is 1.41 bits per heavy atom. The van der Waals surface area contributed by atoms with E-state index >= 15 is 0 Å². The number of benzene rings is 1. The summed E-state index contributed by atoms with van der Waals surface area (Å²) >= 11 is 5.97. The monoisotopic (exact) mass is 251 g/mol. The Hall–Kier alpha value is -1.88. The summed E-state index contributed by atoms with van der Waals surface area (Å²) in [5.74, 6) is -0.546. The molecule has 6 heteroatoms. The number of rotatable bonds is 4. The molecule has 0 radical (unpaired) electrons. The minimum Gasteiger partial charge on any atom is -0.550 e. The Labute approximate surface area is 102 Å². The van der Waals surface area contributed by atoms with Crippen LogP contribution in [0.2, 0.25) is 5.02 Å². The number of nitrogens with zero attached hydrogens (tertiary/aromatic N) is 2. The number of carbonyl (C=O) groups is 1. The summed E-state index contributed by atoms with van der Waals surface area (Å²) in [6.07, 6.45) is 0.00391. The van der Waals surface area contributed by atoms with Gasteiger partial charge in [0.1, 0.15) is 0 Å². The first-order valence-corrected chi connectivity index (χ1v) is 5.32. The largest absolute Gasteiger partial charge is 0.550 e. The quantitative estimate of drug-likeness (QED) is 0.812. The maximum absolute atomic E-state index is 10.3. The van der Waals surface area contributed by atoms with Gasteiger partial charge in [0.25, 0.3) is 0 Å². The summed E-state index contributed by atoms with van der Waals surface area (Å²) in [7, 11) is 0. The van der Waals surface area contributed by atoms with E-state index in [1.54, 1.807) is 24.3 Å². The second-order valence-corrected chi connectivity index (χ2v) is 3.77. The molecular weight excluding hydrogens is 244 g/mol. The summed E-state index contributed by atoms with van der Waals surface area (Å²) < 4.78 is 4.91. The third kappa shape index (κ3) is 2.82. The molecule has 0 saturated carbocycles. The van der Waals surface area contributed by atoms with E-state index in [0.717, 1.165) is 0 Å². The number of carbonyl (C=O) groups excluding carboxylic acids is 1. The van der Waals surface area contributed by atoms with Crippen molar-refractivity contribution in [2.24, 2.45) is 0 Å². The molecule has 0 bridgehead atoms. The van der Waals surface area contributed by atoms with Gasteiger partial charge >= 0.3 is 0 Å². The second kappa shape index (κ2) is 4.97. The SMILES string of the molecule is O=C([O-])CCc1nc(-c2ccccc2Cl)no1. The standard InChI is InChI=1S/C11H9ClN2O3/c12-8-4-2-1-3-7(8)11-13-9(17-14-11)5-6-10(15)16/h1-4H,5-6H2,(H,15,16)/p-1. The Morgan fingerprint density at radius 3 is 2.88 bits per heavy atom. The minimum atomic E-state index is -1.15. The average Bonchev–Trinajstić information content (AvgIpc) is 2.75. The number of aromatic nitrogens is 2. The van der Waals surface area contributed by atoms with Crippen molar-refractivity contribution < 1.29 is 14.4 Å². The lowest BCUT2D eigenvalue weighted by atomic mass is 10.2. The molecule has 0 aliphatic carbocycles. The molecule has 0 amide bonds. The predicted molar refractivity (Wildman–Crippen MR) is 58.1 cm³/mol. The molecule has 2 rings (SSSR count). The van der Waals surface area contributed by atoms with Crippen molar-refractivity contribution in [3.8, 4) is 11.4 Å². The van der Waals surface area contributed by atoms with Gasteiger partial charge < -0.3 is 14.4 Å². The fourth-order valence-electron chi connectivity index (χ4n) is 1.32. The summed E-state index contributed by atoms with van der Waals surface area (Å²) in [5.41, 5.74) is 0.651. The van der Waals surface area contributed by atoms with Crippen LogP contribution in [0, 0.1) is 0 Å². The van der Waals surface area contributed by atoms with Crippen LogP contribution >= 0.6 is 11.6 Å². The molecule has 0 spiro atoms. The summed E-state index contributed by atoms with van der Waals surface area (Å²) in [6.45, 7) is 0. The Balaban J connectivity index is 2.18. The Kier molecular flexibility index (Phi) is 3.39. The van der Waals surface area contributed by atoms with Crippen molar-refractivity contribution in [2.75, 3.05) is 0 Å². The highest BCUT2D eigenvalue weighted by atomic mass is 35.5. The normalized spacial score (nSPS) is 10.4. The van der Waals surface area contributed by atoms with E-state index < -0.39 is 5.97 Å². The average molecular weight is 252 g/mol. The van der Waals surface area contributed by atoms with Crippen LogP contribution in [0.3, 0.4) is 0 Å². The zero-order valence-electron chi connectivity index (χ0n) is 8.72. The Morgan fingerprint density at radius 2 is 2.18 bits per heavy atom. The van der Waals surface area contributed by atoms with Crippen molar-refractivity contribution in [1.29, 1.82) is 0 Å².